The molecule has 1 aromatic rings. The molecule has 0 spiro atoms. The van der Waals surface area contributed by atoms with E-state index in [2.05, 4.69) is 31.3 Å². The van der Waals surface area contributed by atoms with E-state index in [1.807, 2.05) is 19.2 Å². The minimum absolute atomic E-state index is 0.304. The molecule has 0 aliphatic heterocycles. The molecule has 3 heteroatoms. The number of benzene rings is 1. The Morgan fingerprint density at radius 3 is 2.25 bits per heavy atom. The van der Waals surface area contributed by atoms with Gasteiger partial charge < -0.3 is 14.8 Å². The van der Waals surface area contributed by atoms with E-state index in [4.69, 9.17) is 9.47 Å². The smallest absolute Gasteiger partial charge is 0.118 e. The fourth-order valence-corrected chi connectivity index (χ4v) is 2.56. The minimum Gasteiger partial charge on any atom is -0.497 e. The maximum atomic E-state index is 5.65. The molecule has 0 heterocycles. The first kappa shape index (κ1) is 17.0. The van der Waals surface area contributed by atoms with E-state index in [1.165, 1.54) is 5.56 Å². The van der Waals surface area contributed by atoms with Crippen molar-refractivity contribution in [3.8, 4) is 5.75 Å². The molecule has 0 fully saturated rings. The predicted octanol–water partition coefficient (Wildman–Crippen LogP) is 3.42. The van der Waals surface area contributed by atoms with Gasteiger partial charge in [-0.05, 0) is 43.5 Å². The molecule has 0 saturated carbocycles. The zero-order valence-electron chi connectivity index (χ0n) is 13.3. The van der Waals surface area contributed by atoms with Crippen molar-refractivity contribution in [3.63, 3.8) is 0 Å². The highest BCUT2D eigenvalue weighted by Crippen LogP contribution is 2.16. The average molecular weight is 279 g/mol. The van der Waals surface area contributed by atoms with Gasteiger partial charge in [0, 0.05) is 13.2 Å². The summed E-state index contributed by atoms with van der Waals surface area (Å²) in [6, 6.07) is 8.76. The first-order chi connectivity index (χ1) is 9.74. The Labute approximate surface area is 123 Å². The quantitative estimate of drug-likeness (QED) is 0.712. The molecule has 2 atom stereocenters. The topological polar surface area (TPSA) is 30.5 Å². The summed E-state index contributed by atoms with van der Waals surface area (Å²) in [4.78, 5) is 0. The maximum absolute atomic E-state index is 5.65. The van der Waals surface area contributed by atoms with Crippen LogP contribution in [-0.2, 0) is 11.2 Å². The third-order valence-electron chi connectivity index (χ3n) is 3.69. The lowest BCUT2D eigenvalue weighted by Gasteiger charge is -2.26. The molecule has 1 aromatic carbocycles. The Hall–Kier alpha value is -1.06. The highest BCUT2D eigenvalue weighted by molar-refractivity contribution is 5.27. The molecule has 0 aliphatic rings. The largest absolute Gasteiger partial charge is 0.497 e. The summed E-state index contributed by atoms with van der Waals surface area (Å²) >= 11 is 0. The molecular weight excluding hydrogens is 250 g/mol. The molecule has 0 bridgehead atoms. The minimum atomic E-state index is 0.304. The lowest BCUT2D eigenvalue weighted by Crippen LogP contribution is -2.41. The first-order valence-electron chi connectivity index (χ1n) is 7.64. The van der Waals surface area contributed by atoms with Crippen LogP contribution in [0.25, 0.3) is 0 Å². The Morgan fingerprint density at radius 1 is 1.05 bits per heavy atom. The molecule has 0 radical (unpaired) electrons. The van der Waals surface area contributed by atoms with Crippen LogP contribution in [0.5, 0.6) is 5.75 Å². The number of methoxy groups -OCH3 is 2. The molecule has 0 saturated heterocycles. The van der Waals surface area contributed by atoms with E-state index in [-0.39, 0.29) is 0 Å². The second-order valence-corrected chi connectivity index (χ2v) is 5.11. The van der Waals surface area contributed by atoms with Gasteiger partial charge in [-0.2, -0.15) is 0 Å². The van der Waals surface area contributed by atoms with Crippen molar-refractivity contribution in [3.05, 3.63) is 29.8 Å². The number of rotatable bonds is 10. The summed E-state index contributed by atoms with van der Waals surface area (Å²) in [5, 5.41) is 3.56. The van der Waals surface area contributed by atoms with Gasteiger partial charge in [0.25, 0.3) is 0 Å². The first-order valence-corrected chi connectivity index (χ1v) is 7.64. The molecule has 1 rings (SSSR count). The lowest BCUT2D eigenvalue weighted by molar-refractivity contribution is 0.0587. The summed E-state index contributed by atoms with van der Waals surface area (Å²) < 4.78 is 10.8. The maximum Gasteiger partial charge on any atom is 0.118 e. The Bertz CT molecular complexity index is 351. The van der Waals surface area contributed by atoms with Gasteiger partial charge in [0.05, 0.1) is 13.2 Å². The fourth-order valence-electron chi connectivity index (χ4n) is 2.56. The molecule has 1 N–H and O–H groups in total. The van der Waals surface area contributed by atoms with Crippen LogP contribution in [-0.4, -0.2) is 32.9 Å². The molecule has 114 valence electrons. The van der Waals surface area contributed by atoms with Crippen LogP contribution in [0.3, 0.4) is 0 Å². The van der Waals surface area contributed by atoms with Gasteiger partial charge in [0.15, 0.2) is 0 Å². The van der Waals surface area contributed by atoms with Crippen molar-refractivity contribution in [1.82, 2.24) is 5.32 Å². The normalized spacial score (nSPS) is 14.0. The fraction of sp³-hybridized carbons (Fsp3) is 0.647. The van der Waals surface area contributed by atoms with Crippen molar-refractivity contribution >= 4 is 0 Å². The van der Waals surface area contributed by atoms with E-state index in [0.717, 1.165) is 38.0 Å². The molecule has 0 aliphatic carbocycles. The number of likely N-dealkylation sites (N-methyl/N-ethyl adjacent to an activating group) is 1. The molecule has 2 unspecified atom stereocenters. The summed E-state index contributed by atoms with van der Waals surface area (Å²) in [5.74, 6) is 0.915. The second-order valence-electron chi connectivity index (χ2n) is 5.11. The molecular formula is C17H29NO2. The van der Waals surface area contributed by atoms with Crippen molar-refractivity contribution in [2.24, 2.45) is 0 Å². The van der Waals surface area contributed by atoms with Crippen LogP contribution < -0.4 is 10.1 Å². The molecule has 0 amide bonds. The van der Waals surface area contributed by atoms with Gasteiger partial charge in [-0.15, -0.1) is 0 Å². The van der Waals surface area contributed by atoms with E-state index in [1.54, 1.807) is 7.11 Å². The zero-order chi connectivity index (χ0) is 14.8. The van der Waals surface area contributed by atoms with Crippen LogP contribution in [0, 0.1) is 0 Å². The standard InChI is InChI=1S/C17H29NO2/c1-5-7-17(20-4)16(18-6-2)13-10-14-8-11-15(19-3)12-9-14/h8-9,11-12,16-18H,5-7,10,13H2,1-4H3. The van der Waals surface area contributed by atoms with Crippen molar-refractivity contribution in [1.29, 1.82) is 0 Å². The van der Waals surface area contributed by atoms with Crippen LogP contribution >= 0.6 is 0 Å². The van der Waals surface area contributed by atoms with Gasteiger partial charge in [0.2, 0.25) is 0 Å². The predicted molar refractivity (Wildman–Crippen MR) is 84.5 cm³/mol. The van der Waals surface area contributed by atoms with E-state index in [9.17, 15) is 0 Å². The number of nitrogens with one attached hydrogen (secondary N) is 1. The summed E-state index contributed by atoms with van der Waals surface area (Å²) in [6.45, 7) is 5.34. The molecule has 3 nitrogen and oxygen atoms in total. The number of hydrogen-bond acceptors (Lipinski definition) is 3. The third kappa shape index (κ3) is 5.51. The number of aryl methyl sites for hydroxylation is 1. The van der Waals surface area contributed by atoms with Gasteiger partial charge in [-0.1, -0.05) is 32.4 Å². The van der Waals surface area contributed by atoms with E-state index >= 15 is 0 Å². The van der Waals surface area contributed by atoms with Gasteiger partial charge in [0.1, 0.15) is 5.75 Å². The SMILES string of the molecule is CCCC(OC)C(CCc1ccc(OC)cc1)NCC. The van der Waals surface area contributed by atoms with Gasteiger partial charge >= 0.3 is 0 Å². The number of ether oxygens (including phenoxy) is 2. The average Bonchev–Trinajstić information content (AvgIpc) is 2.50. The highest BCUT2D eigenvalue weighted by atomic mass is 16.5. The Kier molecular flexibility index (Phi) is 8.31. The zero-order valence-corrected chi connectivity index (χ0v) is 13.3. The molecule has 0 aromatic heterocycles. The van der Waals surface area contributed by atoms with Gasteiger partial charge in [-0.25, -0.2) is 0 Å². The van der Waals surface area contributed by atoms with Crippen molar-refractivity contribution in [2.75, 3.05) is 20.8 Å². The number of hydrogen-bond donors (Lipinski definition) is 1. The van der Waals surface area contributed by atoms with Crippen molar-refractivity contribution < 1.29 is 9.47 Å². The van der Waals surface area contributed by atoms with Crippen LogP contribution in [0.4, 0.5) is 0 Å². The summed E-state index contributed by atoms with van der Waals surface area (Å²) in [7, 11) is 3.52. The highest BCUT2D eigenvalue weighted by Gasteiger charge is 2.19. The lowest BCUT2D eigenvalue weighted by atomic mass is 9.98. The second kappa shape index (κ2) is 9.78. The van der Waals surface area contributed by atoms with Crippen LogP contribution in [0.15, 0.2) is 24.3 Å². The third-order valence-corrected chi connectivity index (χ3v) is 3.69. The van der Waals surface area contributed by atoms with E-state index < -0.39 is 0 Å². The monoisotopic (exact) mass is 279 g/mol. The van der Waals surface area contributed by atoms with Crippen molar-refractivity contribution in [2.45, 2.75) is 51.7 Å². The van der Waals surface area contributed by atoms with Crippen LogP contribution in [0.1, 0.15) is 38.7 Å². The van der Waals surface area contributed by atoms with Crippen LogP contribution in [0.2, 0.25) is 0 Å². The summed E-state index contributed by atoms with van der Waals surface area (Å²) in [6.07, 6.45) is 4.72. The summed E-state index contributed by atoms with van der Waals surface area (Å²) in [5.41, 5.74) is 1.35. The molecule has 20 heavy (non-hydrogen) atoms. The van der Waals surface area contributed by atoms with Gasteiger partial charge in [-0.3, -0.25) is 0 Å². The van der Waals surface area contributed by atoms with E-state index in [0.29, 0.717) is 12.1 Å². The Morgan fingerprint density at radius 2 is 1.75 bits per heavy atom. The Balaban J connectivity index is 2.55.